The molecule has 0 saturated heterocycles. The fourth-order valence-corrected chi connectivity index (χ4v) is 4.58. The van der Waals surface area contributed by atoms with Crippen molar-refractivity contribution in [2.45, 2.75) is 12.3 Å². The van der Waals surface area contributed by atoms with Crippen LogP contribution in [0.3, 0.4) is 0 Å². The maximum Gasteiger partial charge on any atom is 0.341 e. The van der Waals surface area contributed by atoms with Crippen LogP contribution in [-0.4, -0.2) is 28.6 Å². The van der Waals surface area contributed by atoms with E-state index in [0.29, 0.717) is 27.4 Å². The second kappa shape index (κ2) is 11.2. The Morgan fingerprint density at radius 1 is 1.05 bits per heavy atom. The number of carbonyl (C=O) groups excluding carboxylic acids is 1. The van der Waals surface area contributed by atoms with Gasteiger partial charge in [0, 0.05) is 42.2 Å². The number of hydrogen-bond donors (Lipinski definition) is 1. The SMILES string of the molecule is COC(=O)c1c(F)cccc1-c1ccc(C(CC(=NO)c2ccc(=O)n(C)c2)c2ccccc2Cl)cc1. The molecule has 0 aliphatic rings. The molecule has 3 aromatic carbocycles. The predicted molar refractivity (Wildman–Crippen MR) is 141 cm³/mol. The predicted octanol–water partition coefficient (Wildman–Crippen LogP) is 6.03. The van der Waals surface area contributed by atoms with E-state index in [4.69, 9.17) is 16.3 Å². The van der Waals surface area contributed by atoms with Crippen LogP contribution in [0, 0.1) is 5.82 Å². The molecule has 1 unspecified atom stereocenters. The van der Waals surface area contributed by atoms with Gasteiger partial charge in [-0.1, -0.05) is 71.4 Å². The van der Waals surface area contributed by atoms with Gasteiger partial charge in [-0.2, -0.15) is 0 Å². The largest absolute Gasteiger partial charge is 0.465 e. The second-order valence-corrected chi connectivity index (χ2v) is 8.88. The van der Waals surface area contributed by atoms with E-state index in [0.717, 1.165) is 11.1 Å². The summed E-state index contributed by atoms with van der Waals surface area (Å²) in [6, 6.07) is 22.2. The molecule has 0 spiro atoms. The summed E-state index contributed by atoms with van der Waals surface area (Å²) in [5.41, 5.74) is 3.39. The molecule has 0 bridgehead atoms. The van der Waals surface area contributed by atoms with Crippen molar-refractivity contribution in [3.8, 4) is 11.1 Å². The van der Waals surface area contributed by atoms with E-state index >= 15 is 0 Å². The molecule has 0 saturated carbocycles. The molecule has 4 rings (SSSR count). The first kappa shape index (κ1) is 25.9. The van der Waals surface area contributed by atoms with E-state index in [1.165, 1.54) is 29.9 Å². The summed E-state index contributed by atoms with van der Waals surface area (Å²) in [5.74, 6) is -1.73. The van der Waals surface area contributed by atoms with Crippen molar-refractivity contribution in [3.05, 3.63) is 129 Å². The van der Waals surface area contributed by atoms with Gasteiger partial charge in [-0.3, -0.25) is 4.79 Å². The van der Waals surface area contributed by atoms with Crippen molar-refractivity contribution < 1.29 is 19.1 Å². The minimum Gasteiger partial charge on any atom is -0.465 e. The first-order valence-corrected chi connectivity index (χ1v) is 11.8. The summed E-state index contributed by atoms with van der Waals surface area (Å²) >= 11 is 6.56. The molecule has 1 atom stereocenters. The van der Waals surface area contributed by atoms with Crippen LogP contribution in [0.5, 0.6) is 0 Å². The average molecular weight is 519 g/mol. The molecule has 6 nitrogen and oxygen atoms in total. The van der Waals surface area contributed by atoms with Crippen molar-refractivity contribution in [1.82, 2.24) is 4.57 Å². The van der Waals surface area contributed by atoms with Gasteiger partial charge in [0.1, 0.15) is 11.4 Å². The second-order valence-electron chi connectivity index (χ2n) is 8.47. The molecule has 188 valence electrons. The summed E-state index contributed by atoms with van der Waals surface area (Å²) in [7, 11) is 2.83. The van der Waals surface area contributed by atoms with E-state index in [-0.39, 0.29) is 23.5 Å². The highest BCUT2D eigenvalue weighted by Gasteiger charge is 2.23. The summed E-state index contributed by atoms with van der Waals surface area (Å²) in [6.45, 7) is 0. The zero-order chi connectivity index (χ0) is 26.5. The monoisotopic (exact) mass is 518 g/mol. The molecule has 1 heterocycles. The highest BCUT2D eigenvalue weighted by molar-refractivity contribution is 6.31. The van der Waals surface area contributed by atoms with E-state index in [2.05, 4.69) is 5.16 Å². The van der Waals surface area contributed by atoms with Gasteiger partial charge >= 0.3 is 5.97 Å². The Bertz CT molecular complexity index is 1530. The summed E-state index contributed by atoms with van der Waals surface area (Å²) in [4.78, 5) is 24.1. The van der Waals surface area contributed by atoms with Crippen LogP contribution in [0.2, 0.25) is 5.02 Å². The lowest BCUT2D eigenvalue weighted by molar-refractivity contribution is 0.0596. The van der Waals surface area contributed by atoms with Gasteiger partial charge in [-0.25, -0.2) is 9.18 Å². The molecule has 4 aromatic rings. The van der Waals surface area contributed by atoms with Gasteiger partial charge in [0.2, 0.25) is 5.56 Å². The number of benzene rings is 3. The van der Waals surface area contributed by atoms with Crippen molar-refractivity contribution in [2.24, 2.45) is 12.2 Å². The number of oxime groups is 1. The number of esters is 1. The lowest BCUT2D eigenvalue weighted by Gasteiger charge is -2.21. The Morgan fingerprint density at radius 3 is 2.43 bits per heavy atom. The van der Waals surface area contributed by atoms with E-state index in [9.17, 15) is 19.2 Å². The van der Waals surface area contributed by atoms with Crippen LogP contribution in [-0.2, 0) is 11.8 Å². The third-order valence-electron chi connectivity index (χ3n) is 6.25. The highest BCUT2D eigenvalue weighted by atomic mass is 35.5. The van der Waals surface area contributed by atoms with Crippen LogP contribution in [0.25, 0.3) is 11.1 Å². The Morgan fingerprint density at radius 2 is 1.78 bits per heavy atom. The number of halogens is 2. The van der Waals surface area contributed by atoms with Crippen molar-refractivity contribution in [1.29, 1.82) is 0 Å². The van der Waals surface area contributed by atoms with Gasteiger partial charge in [-0.05, 0) is 40.5 Å². The van der Waals surface area contributed by atoms with Crippen molar-refractivity contribution >= 4 is 23.3 Å². The summed E-state index contributed by atoms with van der Waals surface area (Å²) in [6.07, 6.45) is 1.90. The quantitative estimate of drug-likeness (QED) is 0.140. The van der Waals surface area contributed by atoms with E-state index in [1.807, 2.05) is 30.3 Å². The Kier molecular flexibility index (Phi) is 7.84. The number of ether oxygens (including phenoxy) is 1. The molecular formula is C29H24ClFN2O4. The number of aryl methyl sites for hydroxylation is 1. The highest BCUT2D eigenvalue weighted by Crippen LogP contribution is 2.36. The third-order valence-corrected chi connectivity index (χ3v) is 6.59. The number of rotatable bonds is 7. The lowest BCUT2D eigenvalue weighted by atomic mass is 9.84. The number of aromatic nitrogens is 1. The Hall–Kier alpha value is -4.23. The molecule has 37 heavy (non-hydrogen) atoms. The van der Waals surface area contributed by atoms with Crippen molar-refractivity contribution in [2.75, 3.05) is 7.11 Å². The fraction of sp³-hybridized carbons (Fsp3) is 0.138. The smallest absolute Gasteiger partial charge is 0.341 e. The summed E-state index contributed by atoms with van der Waals surface area (Å²) in [5, 5.41) is 13.9. The molecule has 0 radical (unpaired) electrons. The van der Waals surface area contributed by atoms with Gasteiger partial charge in [0.05, 0.1) is 12.8 Å². The molecular weight excluding hydrogens is 495 g/mol. The standard InChI is InChI=1S/C29H24ClFN2O4/c1-33-17-20(14-15-27(33)34)26(32-36)16-23(22-6-3-4-8-24(22)30)19-12-10-18(11-13-19)21-7-5-9-25(31)28(21)29(35)37-2/h3-15,17,23,36H,16H2,1-2H3. The van der Waals surface area contributed by atoms with Crippen molar-refractivity contribution in [3.63, 3.8) is 0 Å². The molecule has 0 aliphatic heterocycles. The zero-order valence-corrected chi connectivity index (χ0v) is 20.9. The number of nitrogens with zero attached hydrogens (tertiary/aromatic N) is 2. The maximum absolute atomic E-state index is 14.5. The topological polar surface area (TPSA) is 80.9 Å². The van der Waals surface area contributed by atoms with Gasteiger partial charge in [0.25, 0.3) is 0 Å². The van der Waals surface area contributed by atoms with E-state index < -0.39 is 11.8 Å². The number of methoxy groups -OCH3 is 1. The third kappa shape index (κ3) is 5.47. The van der Waals surface area contributed by atoms with Crippen LogP contribution in [0.15, 0.2) is 95.0 Å². The average Bonchev–Trinajstić information content (AvgIpc) is 2.91. The zero-order valence-electron chi connectivity index (χ0n) is 20.2. The maximum atomic E-state index is 14.5. The number of pyridine rings is 1. The minimum absolute atomic E-state index is 0.134. The van der Waals surface area contributed by atoms with E-state index in [1.54, 1.807) is 43.6 Å². The fourth-order valence-electron chi connectivity index (χ4n) is 4.31. The molecule has 8 heteroatoms. The van der Waals surface area contributed by atoms with Gasteiger partial charge in [-0.15, -0.1) is 0 Å². The molecule has 0 fully saturated rings. The lowest BCUT2D eigenvalue weighted by Crippen LogP contribution is -2.18. The summed E-state index contributed by atoms with van der Waals surface area (Å²) < 4.78 is 20.7. The number of hydrogen-bond acceptors (Lipinski definition) is 5. The first-order chi connectivity index (χ1) is 17.8. The van der Waals surface area contributed by atoms with Crippen LogP contribution < -0.4 is 5.56 Å². The number of carbonyl (C=O) groups is 1. The molecule has 1 aromatic heterocycles. The normalized spacial score (nSPS) is 12.3. The van der Waals surface area contributed by atoms with Crippen LogP contribution >= 0.6 is 11.6 Å². The molecule has 0 aliphatic carbocycles. The van der Waals surface area contributed by atoms with Crippen LogP contribution in [0.1, 0.15) is 39.4 Å². The Balaban J connectivity index is 1.77. The minimum atomic E-state index is -0.757. The van der Waals surface area contributed by atoms with Gasteiger partial charge < -0.3 is 14.5 Å². The molecule has 0 amide bonds. The Labute approximate surface area is 218 Å². The van der Waals surface area contributed by atoms with Crippen LogP contribution in [0.4, 0.5) is 4.39 Å². The van der Waals surface area contributed by atoms with Gasteiger partial charge in [0.15, 0.2) is 0 Å². The molecule has 1 N–H and O–H groups in total. The first-order valence-electron chi connectivity index (χ1n) is 11.4.